The molecule has 0 amide bonds. The van der Waals surface area contributed by atoms with Gasteiger partial charge in [-0.3, -0.25) is 0 Å². The van der Waals surface area contributed by atoms with E-state index in [1.807, 2.05) is 55.5 Å². The van der Waals surface area contributed by atoms with E-state index in [0.29, 0.717) is 5.76 Å². The minimum atomic E-state index is -1.28. The fourth-order valence-electron chi connectivity index (χ4n) is 2.86. The van der Waals surface area contributed by atoms with E-state index in [1.54, 1.807) is 0 Å². The van der Waals surface area contributed by atoms with Gasteiger partial charge in [0.05, 0.1) is 15.7 Å². The van der Waals surface area contributed by atoms with Gasteiger partial charge in [0.2, 0.25) is 0 Å². The van der Waals surface area contributed by atoms with Crippen molar-refractivity contribution in [2.45, 2.75) is 16.7 Å². The molecule has 0 saturated carbocycles. The highest BCUT2D eigenvalue weighted by atomic mass is 79.9. The number of rotatable bonds is 2. The van der Waals surface area contributed by atoms with Crippen molar-refractivity contribution >= 4 is 48.5 Å². The molecule has 114 valence electrons. The summed E-state index contributed by atoms with van der Waals surface area (Å²) in [6, 6.07) is 19.7. The second-order valence-electron chi connectivity index (χ2n) is 5.37. The van der Waals surface area contributed by atoms with Crippen LogP contribution in [0.1, 0.15) is 5.76 Å². The molecule has 0 spiro atoms. The SMILES string of the molecule is Cc1oc2ccc3ccccc3c2c1[S@@](=O)c1ccc(Br)cc1. The van der Waals surface area contributed by atoms with Gasteiger partial charge in [0.1, 0.15) is 11.3 Å². The smallest absolute Gasteiger partial charge is 0.136 e. The monoisotopic (exact) mass is 384 g/mol. The Hall–Kier alpha value is -1.91. The zero-order valence-corrected chi connectivity index (χ0v) is 14.8. The first-order chi connectivity index (χ1) is 11.1. The third kappa shape index (κ3) is 2.42. The second-order valence-corrected chi connectivity index (χ2v) is 7.70. The van der Waals surface area contributed by atoms with Gasteiger partial charge in [-0.1, -0.05) is 46.3 Å². The summed E-state index contributed by atoms with van der Waals surface area (Å²) in [5.41, 5.74) is 0.779. The number of furan rings is 1. The van der Waals surface area contributed by atoms with E-state index < -0.39 is 10.8 Å². The van der Waals surface area contributed by atoms with Gasteiger partial charge < -0.3 is 4.42 Å². The highest BCUT2D eigenvalue weighted by Gasteiger charge is 2.20. The molecule has 0 aliphatic heterocycles. The number of fused-ring (bicyclic) bond motifs is 3. The van der Waals surface area contributed by atoms with Crippen LogP contribution in [0.15, 0.2) is 79.3 Å². The Morgan fingerprint density at radius 3 is 2.48 bits per heavy atom. The molecule has 4 heteroatoms. The van der Waals surface area contributed by atoms with Crippen molar-refractivity contribution < 1.29 is 8.63 Å². The molecule has 1 aromatic heterocycles. The number of halogens is 1. The van der Waals surface area contributed by atoms with Crippen molar-refractivity contribution in [1.29, 1.82) is 0 Å². The van der Waals surface area contributed by atoms with E-state index in [2.05, 4.69) is 28.1 Å². The van der Waals surface area contributed by atoms with E-state index in [9.17, 15) is 4.21 Å². The highest BCUT2D eigenvalue weighted by molar-refractivity contribution is 9.10. The zero-order chi connectivity index (χ0) is 16.0. The van der Waals surface area contributed by atoms with Crippen molar-refractivity contribution in [1.82, 2.24) is 0 Å². The summed E-state index contributed by atoms with van der Waals surface area (Å²) in [6.45, 7) is 1.88. The number of aryl methyl sites for hydroxylation is 1. The lowest BCUT2D eigenvalue weighted by Gasteiger charge is -2.04. The van der Waals surface area contributed by atoms with E-state index in [1.165, 1.54) is 0 Å². The van der Waals surface area contributed by atoms with E-state index in [4.69, 9.17) is 4.42 Å². The van der Waals surface area contributed by atoms with Crippen LogP contribution in [0, 0.1) is 6.92 Å². The summed E-state index contributed by atoms with van der Waals surface area (Å²) in [5.74, 6) is 0.706. The highest BCUT2D eigenvalue weighted by Crippen LogP contribution is 2.36. The van der Waals surface area contributed by atoms with Gasteiger partial charge in [-0.05, 0) is 48.0 Å². The van der Waals surface area contributed by atoms with Crippen LogP contribution in [0.25, 0.3) is 21.7 Å². The van der Waals surface area contributed by atoms with Gasteiger partial charge >= 0.3 is 0 Å². The molecule has 23 heavy (non-hydrogen) atoms. The van der Waals surface area contributed by atoms with Crippen molar-refractivity contribution in [3.63, 3.8) is 0 Å². The first kappa shape index (κ1) is 14.7. The van der Waals surface area contributed by atoms with E-state index in [0.717, 1.165) is 36.0 Å². The first-order valence-corrected chi connectivity index (χ1v) is 9.17. The van der Waals surface area contributed by atoms with Crippen molar-refractivity contribution in [3.05, 3.63) is 70.9 Å². The normalized spacial score (nSPS) is 12.8. The second kappa shape index (κ2) is 5.62. The lowest BCUT2D eigenvalue weighted by Crippen LogP contribution is -1.94. The van der Waals surface area contributed by atoms with Gasteiger partial charge in [0.25, 0.3) is 0 Å². The topological polar surface area (TPSA) is 30.2 Å². The molecule has 1 atom stereocenters. The van der Waals surface area contributed by atoms with Crippen molar-refractivity contribution in [3.8, 4) is 0 Å². The van der Waals surface area contributed by atoms with Crippen LogP contribution in [0.5, 0.6) is 0 Å². The molecule has 0 N–H and O–H groups in total. The quantitative estimate of drug-likeness (QED) is 0.435. The van der Waals surface area contributed by atoms with Crippen LogP contribution >= 0.6 is 15.9 Å². The molecule has 3 aromatic carbocycles. The van der Waals surface area contributed by atoms with Crippen LogP contribution < -0.4 is 0 Å². The molecule has 4 rings (SSSR count). The molecule has 2 nitrogen and oxygen atoms in total. The standard InChI is InChI=1S/C19H13BrO2S/c1-12-19(23(21)15-9-7-14(20)8-10-15)18-16-5-3-2-4-13(16)6-11-17(18)22-12/h2-11H,1H3/t23-/m0/s1. The Balaban J connectivity index is 2.02. The molecular formula is C19H13BrO2S. The van der Waals surface area contributed by atoms with Crippen molar-refractivity contribution in [2.75, 3.05) is 0 Å². The van der Waals surface area contributed by atoms with Gasteiger partial charge in [0, 0.05) is 14.8 Å². The van der Waals surface area contributed by atoms with Crippen LogP contribution in [0.3, 0.4) is 0 Å². The molecule has 4 aromatic rings. The fraction of sp³-hybridized carbons (Fsp3) is 0.0526. The van der Waals surface area contributed by atoms with Crippen LogP contribution in [-0.4, -0.2) is 4.21 Å². The maximum atomic E-state index is 13.1. The Bertz CT molecular complexity index is 1050. The number of hydrogen-bond acceptors (Lipinski definition) is 2. The summed E-state index contributed by atoms with van der Waals surface area (Å²) in [4.78, 5) is 1.53. The minimum Gasteiger partial charge on any atom is -0.460 e. The third-order valence-electron chi connectivity index (χ3n) is 3.91. The predicted molar refractivity (Wildman–Crippen MR) is 97.3 cm³/mol. The predicted octanol–water partition coefficient (Wildman–Crippen LogP) is 5.82. The number of hydrogen-bond donors (Lipinski definition) is 0. The summed E-state index contributed by atoms with van der Waals surface area (Å²) in [6.07, 6.45) is 0. The van der Waals surface area contributed by atoms with Gasteiger partial charge in [0.15, 0.2) is 0 Å². The summed E-state index contributed by atoms with van der Waals surface area (Å²) >= 11 is 3.41. The summed E-state index contributed by atoms with van der Waals surface area (Å²) in [7, 11) is -1.28. The molecule has 1 heterocycles. The number of benzene rings is 3. The lowest BCUT2D eigenvalue weighted by molar-refractivity contribution is 0.566. The van der Waals surface area contributed by atoms with Crippen LogP contribution in [0.4, 0.5) is 0 Å². The molecular weight excluding hydrogens is 372 g/mol. The molecule has 0 aliphatic rings. The summed E-state index contributed by atoms with van der Waals surface area (Å²) < 4.78 is 20.0. The molecule has 0 fully saturated rings. The molecule has 0 radical (unpaired) electrons. The fourth-order valence-corrected chi connectivity index (χ4v) is 4.44. The Kier molecular flexibility index (Phi) is 3.58. The Morgan fingerprint density at radius 1 is 0.957 bits per heavy atom. The van der Waals surface area contributed by atoms with Crippen molar-refractivity contribution in [2.24, 2.45) is 0 Å². The van der Waals surface area contributed by atoms with Gasteiger partial charge in [-0.15, -0.1) is 0 Å². The first-order valence-electron chi connectivity index (χ1n) is 7.23. The average molecular weight is 385 g/mol. The lowest BCUT2D eigenvalue weighted by atomic mass is 10.1. The molecule has 0 bridgehead atoms. The van der Waals surface area contributed by atoms with Gasteiger partial charge in [-0.25, -0.2) is 4.21 Å². The Labute approximate surface area is 144 Å². The van der Waals surface area contributed by atoms with Gasteiger partial charge in [-0.2, -0.15) is 0 Å². The third-order valence-corrected chi connectivity index (χ3v) is 6.01. The van der Waals surface area contributed by atoms with E-state index >= 15 is 0 Å². The van der Waals surface area contributed by atoms with Crippen LogP contribution in [0.2, 0.25) is 0 Å². The van der Waals surface area contributed by atoms with Crippen LogP contribution in [-0.2, 0) is 10.8 Å². The molecule has 0 saturated heterocycles. The maximum Gasteiger partial charge on any atom is 0.136 e. The molecule has 0 aliphatic carbocycles. The maximum absolute atomic E-state index is 13.1. The zero-order valence-electron chi connectivity index (χ0n) is 12.4. The molecule has 0 unspecified atom stereocenters. The largest absolute Gasteiger partial charge is 0.460 e. The minimum absolute atomic E-state index is 0.706. The Morgan fingerprint density at radius 2 is 1.70 bits per heavy atom. The average Bonchev–Trinajstić information content (AvgIpc) is 2.91. The van der Waals surface area contributed by atoms with E-state index in [-0.39, 0.29) is 0 Å². The summed E-state index contributed by atoms with van der Waals surface area (Å²) in [5, 5.41) is 3.14.